The molecule has 5 amide bonds. The Bertz CT molecular complexity index is 5890. The molecule has 0 spiro atoms. The highest BCUT2D eigenvalue weighted by Gasteiger charge is 2.40. The van der Waals surface area contributed by atoms with Gasteiger partial charge >= 0.3 is 0 Å². The number of Topliss-reactive ketones (excluding diaryl/α,β-unsaturated/α-hetero) is 1. The molecule has 7 saturated heterocycles. The number of anilines is 7. The van der Waals surface area contributed by atoms with E-state index < -0.39 is 0 Å². The van der Waals surface area contributed by atoms with E-state index in [2.05, 4.69) is 113 Å². The van der Waals surface area contributed by atoms with Crippen molar-refractivity contribution in [3.8, 4) is 10.6 Å². The van der Waals surface area contributed by atoms with E-state index in [-0.39, 0.29) is 94.9 Å². The van der Waals surface area contributed by atoms with Gasteiger partial charge in [0.1, 0.15) is 46.0 Å². The van der Waals surface area contributed by atoms with Gasteiger partial charge < -0.3 is 60.7 Å². The lowest BCUT2D eigenvalue weighted by Crippen LogP contribution is -2.48. The summed E-state index contributed by atoms with van der Waals surface area (Å²) >= 11 is 43.2. The van der Waals surface area contributed by atoms with Crippen molar-refractivity contribution in [2.75, 3.05) is 87.2 Å². The van der Waals surface area contributed by atoms with Crippen molar-refractivity contribution in [1.82, 2.24) is 36.4 Å². The van der Waals surface area contributed by atoms with Gasteiger partial charge in [-0.3, -0.25) is 33.6 Å². The van der Waals surface area contributed by atoms with Crippen LogP contribution in [0, 0.1) is 16.7 Å². The van der Waals surface area contributed by atoms with E-state index in [4.69, 9.17) is 85.9 Å². The Kier molecular flexibility index (Phi) is 40.1. The molecule has 1 unspecified atom stereocenters. The number of aryl methyl sites for hydroxylation is 1. The average molecular weight is 2110 g/mol. The van der Waals surface area contributed by atoms with Crippen LogP contribution in [0.4, 0.5) is 39.9 Å². The van der Waals surface area contributed by atoms with E-state index in [9.17, 15) is 33.6 Å². The molecule has 5 N–H and O–H groups in total. The molecular weight excluding hydrogens is 1970 g/mol. The number of carbonyl (C=O) groups is 7. The number of hydrogen-bond acceptors (Lipinski definition) is 18. The number of carbonyl (C=O) groups excluding carboxylic acids is 7. The second kappa shape index (κ2) is 52.8. The molecule has 0 bridgehead atoms. The first-order valence-corrected chi connectivity index (χ1v) is 54.4. The van der Waals surface area contributed by atoms with Gasteiger partial charge in [-0.1, -0.05) is 177 Å². The molecular formula is C114H135Cl7N14O8S. The summed E-state index contributed by atoms with van der Waals surface area (Å²) in [5, 5.41) is 30.7. The number of amides is 5. The van der Waals surface area contributed by atoms with Crippen LogP contribution in [0.3, 0.4) is 0 Å². The van der Waals surface area contributed by atoms with Crippen LogP contribution in [0.25, 0.3) is 10.6 Å². The van der Waals surface area contributed by atoms with Gasteiger partial charge in [0.15, 0.2) is 11.6 Å². The van der Waals surface area contributed by atoms with Gasteiger partial charge in [0.2, 0.25) is 29.5 Å². The van der Waals surface area contributed by atoms with Gasteiger partial charge in [0.25, 0.3) is 0 Å². The summed E-state index contributed by atoms with van der Waals surface area (Å²) in [5.41, 5.74) is 10.7. The summed E-state index contributed by atoms with van der Waals surface area (Å²) in [5.74, 6) is 2.10. The summed E-state index contributed by atoms with van der Waals surface area (Å²) < 4.78 is 5.33. The van der Waals surface area contributed by atoms with Crippen molar-refractivity contribution in [1.29, 1.82) is 0 Å². The Morgan fingerprint density at radius 2 is 0.799 bits per heavy atom. The molecule has 19 rings (SSSR count). The molecule has 0 radical (unpaired) electrons. The van der Waals surface area contributed by atoms with Gasteiger partial charge in [-0.25, -0.2) is 4.98 Å². The Hall–Kier alpha value is -10.3. The van der Waals surface area contributed by atoms with Crippen LogP contribution in [0.5, 0.6) is 0 Å². The van der Waals surface area contributed by atoms with Crippen LogP contribution in [0.1, 0.15) is 193 Å². The second-order valence-electron chi connectivity index (χ2n) is 40.6. The number of ether oxygens (including phenoxy) is 1. The van der Waals surface area contributed by atoms with Crippen LogP contribution in [0.15, 0.2) is 230 Å². The van der Waals surface area contributed by atoms with E-state index in [1.165, 1.54) is 24.2 Å². The topological polar surface area (TPSA) is 247 Å². The van der Waals surface area contributed by atoms with Crippen LogP contribution >= 0.6 is 92.5 Å². The van der Waals surface area contributed by atoms with Gasteiger partial charge in [0, 0.05) is 170 Å². The fourth-order valence-electron chi connectivity index (χ4n) is 20.8. The Morgan fingerprint density at radius 3 is 1.19 bits per heavy atom. The molecule has 10 aromatic rings. The van der Waals surface area contributed by atoms with Crippen molar-refractivity contribution in [2.45, 2.75) is 251 Å². The molecule has 22 nitrogen and oxygen atoms in total. The lowest BCUT2D eigenvalue weighted by Gasteiger charge is -2.37. The fraction of sp³-hybridized carbons (Fsp3) is 0.439. The maximum absolute atomic E-state index is 12.9. The highest BCUT2D eigenvalue weighted by Crippen LogP contribution is 2.41. The molecule has 9 heterocycles. The summed E-state index contributed by atoms with van der Waals surface area (Å²) in [6.45, 7) is 22.1. The number of nitrogens with zero attached hydrogens (tertiary/aromatic N) is 9. The third kappa shape index (κ3) is 31.6. The van der Waals surface area contributed by atoms with Gasteiger partial charge in [-0.2, -0.15) is 0 Å². The molecule has 30 heteroatoms. The molecule has 7 atom stereocenters. The average Bonchev–Trinajstić information content (AvgIpc) is 1.64. The molecule has 9 aliphatic rings. The number of rotatable bonds is 23. The molecule has 764 valence electrons. The number of allylic oxidation sites excluding steroid dienone is 2. The monoisotopic (exact) mass is 2100 g/mol. The van der Waals surface area contributed by atoms with Crippen molar-refractivity contribution >= 4 is 174 Å². The molecule has 2 aromatic heterocycles. The second-order valence-corrected chi connectivity index (χ2v) is 44.7. The van der Waals surface area contributed by atoms with E-state index >= 15 is 0 Å². The van der Waals surface area contributed by atoms with Crippen molar-refractivity contribution in [2.24, 2.45) is 16.7 Å². The predicted molar refractivity (Wildman–Crippen MR) is 590 cm³/mol. The first-order chi connectivity index (χ1) is 69.3. The smallest absolute Gasteiger partial charge is 0.248 e. The van der Waals surface area contributed by atoms with Gasteiger partial charge in [-0.05, 0) is 339 Å². The number of nitrogens with one attached hydrogen (secondary N) is 5. The van der Waals surface area contributed by atoms with E-state index in [0.717, 1.165) is 262 Å². The fourth-order valence-corrected chi connectivity index (χ4v) is 22.5. The highest BCUT2D eigenvalue weighted by atomic mass is 35.5. The maximum Gasteiger partial charge on any atom is 0.248 e. The van der Waals surface area contributed by atoms with Crippen molar-refractivity contribution in [3.05, 3.63) is 282 Å². The Morgan fingerprint density at radius 1 is 0.431 bits per heavy atom. The minimum atomic E-state index is -0.202. The van der Waals surface area contributed by atoms with Crippen LogP contribution in [-0.2, 0) is 57.6 Å². The number of halogens is 7. The standard InChI is InChI=1S/C21H31ClN2O.C20H22Cl2N2O.C20H18ClN3OS.C19H23ClN2O2.C18H20ClN3O.C16H21ClN2O2/c1-21(2,3)15-6-10-17(11-7-15)23-20(25)19-5-4-14-24(19)18-12-8-16(22)9-13-18;1-14(13-15-4-6-16(21)7-5-15)23-20(25)19-3-2-12-24(19)18-10-8-17(22)9-11-18;21-15-8-10-16(11-9-15)24-12-4-7-17(24)18(25)13-19-22-23-20(26-19)14-5-2-1-3-6-14;1-19(2)11-14(10-16(23)12-19)21-18(24)17-4-3-9-22(17)15-7-5-13(20)6-8-15;1-2-13-9-10-20-17(12-13)21-18(23)16-4-3-11-22(16)15-7-5-14(19)6-8-15;17-12-3-5-14(6-4-12)19-9-1-2-15(19)16(20)18-13-7-10-21-11-8-13/h8-9,12-13,15,17,19H,4-7,10-11,14H2,1-3H3,(H,23,25);4-11,14,19H,2-3,12-13H2,1H3,(H,23,25);1-3,5-6,8-11,17H,4,7,12-13H2;5-8,10,17H,3-4,9,11-12H2,1-2H3,(H,21,24);5-10,12,16H,2-4,11H2,1H3,(H,20,21,23);3-6,13,15H,1-2,7-11H2,(H,18,20)/t15?,17?,19-;14?,19-;2*17-;16-;15-/m000000/s1. The molecule has 8 fully saturated rings. The van der Waals surface area contributed by atoms with Crippen molar-refractivity contribution < 1.29 is 38.3 Å². The first-order valence-electron chi connectivity index (χ1n) is 50.9. The lowest BCUT2D eigenvalue weighted by molar-refractivity contribution is -0.124. The largest absolute Gasteiger partial charge is 0.381 e. The molecule has 2 aliphatic carbocycles. The predicted octanol–water partition coefficient (Wildman–Crippen LogP) is 24.6. The molecule has 144 heavy (non-hydrogen) atoms. The van der Waals surface area contributed by atoms with Gasteiger partial charge in [0.05, 0.1) is 12.5 Å². The van der Waals surface area contributed by atoms with Crippen LogP contribution in [0.2, 0.25) is 35.2 Å². The van der Waals surface area contributed by atoms with Crippen LogP contribution < -0.4 is 56.0 Å². The number of hydrogen-bond donors (Lipinski definition) is 5. The zero-order valence-corrected chi connectivity index (χ0v) is 89.5. The van der Waals surface area contributed by atoms with E-state index in [1.54, 1.807) is 12.3 Å². The molecule has 1 saturated carbocycles. The summed E-state index contributed by atoms with van der Waals surface area (Å²) in [4.78, 5) is 106. The first kappa shape index (κ1) is 109. The van der Waals surface area contributed by atoms with Crippen molar-refractivity contribution in [3.63, 3.8) is 0 Å². The van der Waals surface area contributed by atoms with Gasteiger partial charge in [-0.15, -0.1) is 10.2 Å². The minimum Gasteiger partial charge on any atom is -0.381 e. The van der Waals surface area contributed by atoms with Crippen LogP contribution in [-0.4, -0.2) is 163 Å². The maximum atomic E-state index is 12.9. The summed E-state index contributed by atoms with van der Waals surface area (Å²) in [7, 11) is 0. The highest BCUT2D eigenvalue weighted by molar-refractivity contribution is 7.14. The quantitative estimate of drug-likeness (QED) is 0.0399. The number of ketones is 2. The zero-order valence-electron chi connectivity index (χ0n) is 83.4. The zero-order chi connectivity index (χ0) is 102. The Labute approximate surface area is 888 Å². The molecule has 7 aliphatic heterocycles. The Balaban J connectivity index is 0.000000137. The van der Waals surface area contributed by atoms with E-state index in [1.807, 2.05) is 219 Å². The lowest BCUT2D eigenvalue weighted by atomic mass is 9.71. The normalized spacial score (nSPS) is 21.0. The molecule has 8 aromatic carbocycles. The minimum absolute atomic E-state index is 0.00166. The number of aromatic nitrogens is 3. The number of pyridine rings is 1. The third-order valence-electron chi connectivity index (χ3n) is 28.3. The van der Waals surface area contributed by atoms with E-state index in [0.29, 0.717) is 50.2 Å². The number of benzene rings is 8. The third-order valence-corrected chi connectivity index (χ3v) is 31.0. The summed E-state index contributed by atoms with van der Waals surface area (Å²) in [6, 6.07) is 67.8. The SMILES string of the molecule is CC(C)(C)C1CCC(NC(=O)[C@@H]2CCCN2c2ccc(Cl)cc2)CC1.CC(Cc1ccc(Cl)cc1)NC(=O)[C@@H]1CCCN1c1ccc(Cl)cc1.CC1(C)CC(=O)C=C(NC(=O)[C@@H]2CCCN2c2ccc(Cl)cc2)C1.CCc1ccnc(NC(=O)[C@@H]2CCCN2c2ccc(Cl)cc2)c1.O=C(Cc1nnc(-c2ccccc2)s1)[C@@H]1CCCN1c1ccc(Cl)cc1.O=C(NC1CCOCC1)[C@@H]1CCCN1c1ccc(Cl)cc1. The summed E-state index contributed by atoms with van der Waals surface area (Å²) in [6.07, 6.45) is 24.5.